The van der Waals surface area contributed by atoms with E-state index in [4.69, 9.17) is 29.6 Å². The molecule has 1 amide bonds. The van der Waals surface area contributed by atoms with Crippen molar-refractivity contribution in [2.24, 2.45) is 5.73 Å². The zero-order valence-corrected chi connectivity index (χ0v) is 12.1. The van der Waals surface area contributed by atoms with Gasteiger partial charge in [0.25, 0.3) is 5.91 Å². The Bertz CT molecular complexity index is 462. The number of benzene rings is 1. The highest BCUT2D eigenvalue weighted by atomic mass is 35.5. The van der Waals surface area contributed by atoms with Gasteiger partial charge in [0, 0.05) is 30.1 Å². The van der Waals surface area contributed by atoms with Crippen LogP contribution >= 0.6 is 23.8 Å². The second-order valence-corrected chi connectivity index (χ2v) is 4.95. The number of hydrogen-bond acceptors (Lipinski definition) is 2. The molecule has 0 aliphatic rings. The van der Waals surface area contributed by atoms with Crippen molar-refractivity contribution < 1.29 is 4.79 Å². The summed E-state index contributed by atoms with van der Waals surface area (Å²) >= 11 is 10.9. The summed E-state index contributed by atoms with van der Waals surface area (Å²) < 4.78 is 0. The zero-order valence-electron chi connectivity index (χ0n) is 10.6. The van der Waals surface area contributed by atoms with E-state index in [0.29, 0.717) is 35.1 Å². The minimum Gasteiger partial charge on any atom is -0.393 e. The summed E-state index contributed by atoms with van der Waals surface area (Å²) in [6, 6.07) is 5.34. The van der Waals surface area contributed by atoms with Crippen molar-refractivity contribution in [3.8, 4) is 0 Å². The fourth-order valence-electron chi connectivity index (χ4n) is 1.66. The van der Waals surface area contributed by atoms with Crippen molar-refractivity contribution in [1.82, 2.24) is 4.90 Å². The van der Waals surface area contributed by atoms with Crippen molar-refractivity contribution >= 4 is 34.7 Å². The van der Waals surface area contributed by atoms with Crippen LogP contribution in [0.5, 0.6) is 0 Å². The van der Waals surface area contributed by atoms with Gasteiger partial charge in [0.05, 0.1) is 4.99 Å². The van der Waals surface area contributed by atoms with Crippen LogP contribution in [0.2, 0.25) is 5.02 Å². The smallest absolute Gasteiger partial charge is 0.254 e. The van der Waals surface area contributed by atoms with Gasteiger partial charge in [-0.15, -0.1) is 0 Å². The van der Waals surface area contributed by atoms with Crippen molar-refractivity contribution in [1.29, 1.82) is 0 Å². The molecule has 2 N–H and O–H groups in total. The van der Waals surface area contributed by atoms with Crippen LogP contribution in [0.4, 0.5) is 0 Å². The van der Waals surface area contributed by atoms with Crippen molar-refractivity contribution in [3.63, 3.8) is 0 Å². The normalized spacial score (nSPS) is 10.2. The minimum absolute atomic E-state index is 0.0336. The molecule has 5 heteroatoms. The monoisotopic (exact) mass is 284 g/mol. The third-order valence-corrected chi connectivity index (χ3v) is 3.41. The molecule has 0 saturated carbocycles. The minimum atomic E-state index is -0.0336. The summed E-state index contributed by atoms with van der Waals surface area (Å²) in [5.41, 5.74) is 6.90. The fraction of sp³-hybridized carbons (Fsp3) is 0.385. The number of hydrogen-bond donors (Lipinski definition) is 1. The highest BCUT2D eigenvalue weighted by Crippen LogP contribution is 2.20. The second kappa shape index (κ2) is 6.71. The lowest BCUT2D eigenvalue weighted by atomic mass is 10.1. The lowest BCUT2D eigenvalue weighted by Gasteiger charge is -2.21. The Hall–Kier alpha value is -1.13. The van der Waals surface area contributed by atoms with Crippen LogP contribution in [0.25, 0.3) is 0 Å². The molecule has 0 fully saturated rings. The molecule has 0 atom stereocenters. The van der Waals surface area contributed by atoms with E-state index in [1.165, 1.54) is 0 Å². The van der Waals surface area contributed by atoms with Crippen LogP contribution in [0, 0.1) is 6.92 Å². The molecule has 0 spiro atoms. The first-order valence-corrected chi connectivity index (χ1v) is 6.58. The maximum absolute atomic E-state index is 12.3. The summed E-state index contributed by atoms with van der Waals surface area (Å²) in [7, 11) is 0. The van der Waals surface area contributed by atoms with Crippen molar-refractivity contribution in [3.05, 3.63) is 34.3 Å². The first-order valence-electron chi connectivity index (χ1n) is 5.80. The molecule has 1 aromatic rings. The molecule has 0 aliphatic carbocycles. The van der Waals surface area contributed by atoms with E-state index in [1.54, 1.807) is 23.1 Å². The van der Waals surface area contributed by atoms with Gasteiger partial charge in [0.15, 0.2) is 0 Å². The van der Waals surface area contributed by atoms with Gasteiger partial charge < -0.3 is 10.6 Å². The molecule has 0 saturated heterocycles. The Balaban J connectivity index is 2.89. The Morgan fingerprint density at radius 3 is 2.72 bits per heavy atom. The number of amides is 1. The van der Waals surface area contributed by atoms with Gasteiger partial charge >= 0.3 is 0 Å². The molecule has 1 aromatic carbocycles. The first-order chi connectivity index (χ1) is 8.47. The molecular formula is C13H17ClN2OS. The van der Waals surface area contributed by atoms with E-state index in [2.05, 4.69) is 0 Å². The van der Waals surface area contributed by atoms with Crippen LogP contribution in [0.15, 0.2) is 18.2 Å². The number of rotatable bonds is 5. The maximum atomic E-state index is 12.3. The average molecular weight is 285 g/mol. The van der Waals surface area contributed by atoms with Gasteiger partial charge in [-0.05, 0) is 31.5 Å². The highest BCUT2D eigenvalue weighted by Gasteiger charge is 2.17. The second-order valence-electron chi connectivity index (χ2n) is 4.01. The fourth-order valence-corrected chi connectivity index (χ4v) is 1.92. The number of nitrogens with zero attached hydrogens (tertiary/aromatic N) is 1. The molecule has 1 rings (SSSR count). The molecule has 0 unspecified atom stereocenters. The average Bonchev–Trinajstić information content (AvgIpc) is 2.32. The molecule has 0 bridgehead atoms. The molecular weight excluding hydrogens is 268 g/mol. The quantitative estimate of drug-likeness (QED) is 0.846. The molecule has 0 aromatic heterocycles. The summed E-state index contributed by atoms with van der Waals surface area (Å²) in [6.45, 7) is 4.93. The van der Waals surface area contributed by atoms with Crippen molar-refractivity contribution in [2.45, 2.75) is 20.3 Å². The van der Waals surface area contributed by atoms with E-state index in [-0.39, 0.29) is 5.91 Å². The van der Waals surface area contributed by atoms with Crippen LogP contribution in [-0.2, 0) is 0 Å². The van der Waals surface area contributed by atoms with E-state index in [0.717, 1.165) is 5.56 Å². The molecule has 0 aliphatic heterocycles. The summed E-state index contributed by atoms with van der Waals surface area (Å²) in [6.07, 6.45) is 0.536. The number of carbonyl (C=O) groups excluding carboxylic acids is 1. The Morgan fingerprint density at radius 2 is 2.17 bits per heavy atom. The maximum Gasteiger partial charge on any atom is 0.254 e. The summed E-state index contributed by atoms with van der Waals surface area (Å²) in [4.78, 5) is 14.5. The van der Waals surface area contributed by atoms with Crippen LogP contribution < -0.4 is 5.73 Å². The number of carbonyl (C=O) groups is 1. The standard InChI is InChI=1S/C13H17ClN2OS/c1-3-16(8-7-12(15)18)13(17)10-5-4-6-11(14)9(10)2/h4-6H,3,7-8H2,1-2H3,(H2,15,18). The van der Waals surface area contributed by atoms with E-state index < -0.39 is 0 Å². The van der Waals surface area contributed by atoms with E-state index in [1.807, 2.05) is 13.8 Å². The topological polar surface area (TPSA) is 46.3 Å². The van der Waals surface area contributed by atoms with Crippen LogP contribution in [-0.4, -0.2) is 28.9 Å². The third-order valence-electron chi connectivity index (χ3n) is 2.80. The largest absolute Gasteiger partial charge is 0.393 e. The van der Waals surface area contributed by atoms with Gasteiger partial charge in [-0.2, -0.15) is 0 Å². The highest BCUT2D eigenvalue weighted by molar-refractivity contribution is 7.80. The molecule has 0 heterocycles. The number of thiocarbonyl (C=S) groups is 1. The van der Waals surface area contributed by atoms with Gasteiger partial charge in [0.1, 0.15) is 0 Å². The number of halogens is 1. The van der Waals surface area contributed by atoms with Crippen molar-refractivity contribution in [2.75, 3.05) is 13.1 Å². The summed E-state index contributed by atoms with van der Waals surface area (Å²) in [5.74, 6) is -0.0336. The third kappa shape index (κ3) is 3.68. The first kappa shape index (κ1) is 14.9. The predicted molar refractivity (Wildman–Crippen MR) is 79.2 cm³/mol. The molecule has 0 radical (unpaired) electrons. The Labute approximate surface area is 118 Å². The molecule has 3 nitrogen and oxygen atoms in total. The van der Waals surface area contributed by atoms with Gasteiger partial charge in [-0.1, -0.05) is 29.9 Å². The number of nitrogens with two attached hydrogens (primary N) is 1. The van der Waals surface area contributed by atoms with Crippen LogP contribution in [0.3, 0.4) is 0 Å². The van der Waals surface area contributed by atoms with E-state index >= 15 is 0 Å². The Morgan fingerprint density at radius 1 is 1.50 bits per heavy atom. The predicted octanol–water partition coefficient (Wildman–Crippen LogP) is 2.79. The van der Waals surface area contributed by atoms with E-state index in [9.17, 15) is 4.79 Å². The van der Waals surface area contributed by atoms with Crippen LogP contribution in [0.1, 0.15) is 29.3 Å². The van der Waals surface area contributed by atoms with Gasteiger partial charge in [0.2, 0.25) is 0 Å². The lowest BCUT2D eigenvalue weighted by Crippen LogP contribution is -2.34. The Kier molecular flexibility index (Phi) is 5.56. The summed E-state index contributed by atoms with van der Waals surface area (Å²) in [5, 5.41) is 0.603. The lowest BCUT2D eigenvalue weighted by molar-refractivity contribution is 0.0768. The molecule has 98 valence electrons. The van der Waals surface area contributed by atoms with Gasteiger partial charge in [-0.25, -0.2) is 0 Å². The zero-order chi connectivity index (χ0) is 13.7. The van der Waals surface area contributed by atoms with Gasteiger partial charge in [-0.3, -0.25) is 4.79 Å². The molecule has 18 heavy (non-hydrogen) atoms. The SMILES string of the molecule is CCN(CCC(N)=S)C(=O)c1cccc(Cl)c1C.